The first-order chi connectivity index (χ1) is 11.4. The van der Waals surface area contributed by atoms with Crippen LogP contribution in [0.1, 0.15) is 19.4 Å². The van der Waals surface area contributed by atoms with Gasteiger partial charge in [-0.05, 0) is 24.1 Å². The number of hydrogen-bond donors (Lipinski definition) is 1. The third-order valence-corrected chi connectivity index (χ3v) is 3.45. The molecule has 138 valence electrons. The molecule has 0 aliphatic carbocycles. The lowest BCUT2D eigenvalue weighted by atomic mass is 10.1. The van der Waals surface area contributed by atoms with Gasteiger partial charge in [-0.1, -0.05) is 13.8 Å². The Morgan fingerprint density at radius 2 is 1.72 bits per heavy atom. The fraction of sp³-hybridized carbons (Fsp3) is 0.438. The minimum absolute atomic E-state index is 0.0103. The van der Waals surface area contributed by atoms with E-state index in [-0.39, 0.29) is 29.1 Å². The first-order valence-electron chi connectivity index (χ1n) is 7.43. The quantitative estimate of drug-likeness (QED) is 0.805. The molecule has 0 radical (unpaired) electrons. The van der Waals surface area contributed by atoms with Crippen LogP contribution in [0.15, 0.2) is 29.1 Å². The van der Waals surface area contributed by atoms with Gasteiger partial charge in [0.25, 0.3) is 0 Å². The Balaban J connectivity index is 2.61. The lowest BCUT2D eigenvalue weighted by Gasteiger charge is -2.28. The second kappa shape index (κ2) is 6.61. The zero-order valence-corrected chi connectivity index (χ0v) is 13.4. The fourth-order valence-electron chi connectivity index (χ4n) is 2.59. The minimum atomic E-state index is -4.79. The van der Waals surface area contributed by atoms with Gasteiger partial charge in [0.15, 0.2) is 0 Å². The molecule has 1 heterocycles. The van der Waals surface area contributed by atoms with E-state index in [9.17, 15) is 31.1 Å². The normalized spacial score (nSPS) is 12.8. The maximum Gasteiger partial charge on any atom is 0.417 e. The number of H-pyrrole nitrogens is 1. The van der Waals surface area contributed by atoms with Gasteiger partial charge in [-0.2, -0.15) is 26.3 Å². The van der Waals surface area contributed by atoms with Gasteiger partial charge in [-0.3, -0.25) is 4.79 Å². The Kier molecular flexibility index (Phi) is 5.06. The molecule has 9 heteroatoms. The van der Waals surface area contributed by atoms with E-state index in [0.717, 1.165) is 11.0 Å². The van der Waals surface area contributed by atoms with Gasteiger partial charge in [0.05, 0.1) is 5.56 Å². The number of fused-ring (bicyclic) bond motifs is 1. The summed E-state index contributed by atoms with van der Waals surface area (Å²) in [6.07, 6.45) is -9.29. The van der Waals surface area contributed by atoms with Gasteiger partial charge in [0, 0.05) is 29.2 Å². The Labute approximate surface area is 139 Å². The summed E-state index contributed by atoms with van der Waals surface area (Å²) in [5, 5.41) is -0.347. The molecule has 0 atom stereocenters. The average molecular weight is 366 g/mol. The molecule has 0 aliphatic rings. The van der Waals surface area contributed by atoms with Crippen LogP contribution in [0.25, 0.3) is 10.9 Å². The molecule has 0 aliphatic heterocycles. The van der Waals surface area contributed by atoms with E-state index in [1.165, 1.54) is 12.1 Å². The van der Waals surface area contributed by atoms with Crippen LogP contribution >= 0.6 is 0 Å². The zero-order chi connectivity index (χ0) is 19.0. The number of pyridine rings is 1. The second-order valence-electron chi connectivity index (χ2n) is 6.16. The Morgan fingerprint density at radius 3 is 2.24 bits per heavy atom. The highest BCUT2D eigenvalue weighted by Crippen LogP contribution is 2.35. The molecule has 1 aromatic carbocycles. The van der Waals surface area contributed by atoms with E-state index < -0.39 is 30.0 Å². The molecule has 0 saturated carbocycles. The molecule has 2 rings (SSSR count). The van der Waals surface area contributed by atoms with Crippen LogP contribution in [0.4, 0.5) is 32.0 Å². The first kappa shape index (κ1) is 19.1. The molecular weight excluding hydrogens is 350 g/mol. The van der Waals surface area contributed by atoms with Crippen LogP contribution in [-0.4, -0.2) is 24.2 Å². The highest BCUT2D eigenvalue weighted by molar-refractivity contribution is 5.86. The summed E-state index contributed by atoms with van der Waals surface area (Å²) >= 11 is 0. The Hall–Kier alpha value is -2.19. The van der Waals surface area contributed by atoms with E-state index in [0.29, 0.717) is 6.07 Å². The number of benzene rings is 1. The van der Waals surface area contributed by atoms with Gasteiger partial charge < -0.3 is 9.88 Å². The Bertz CT molecular complexity index is 807. The molecule has 0 fully saturated rings. The number of rotatable bonds is 4. The maximum atomic E-state index is 13.2. The molecule has 1 aromatic heterocycles. The molecule has 0 amide bonds. The van der Waals surface area contributed by atoms with Crippen molar-refractivity contribution in [2.24, 2.45) is 5.92 Å². The lowest BCUT2D eigenvalue weighted by Crippen LogP contribution is -2.36. The van der Waals surface area contributed by atoms with E-state index in [2.05, 4.69) is 4.98 Å². The van der Waals surface area contributed by atoms with Gasteiger partial charge in [0.1, 0.15) is 6.54 Å². The van der Waals surface area contributed by atoms with Crippen LogP contribution in [0.3, 0.4) is 0 Å². The minimum Gasteiger partial charge on any atom is -0.362 e. The number of nitrogens with zero attached hydrogens (tertiary/aromatic N) is 1. The molecule has 0 spiro atoms. The number of anilines is 1. The van der Waals surface area contributed by atoms with Gasteiger partial charge in [-0.15, -0.1) is 0 Å². The summed E-state index contributed by atoms with van der Waals surface area (Å²) in [4.78, 5) is 14.6. The van der Waals surface area contributed by atoms with Gasteiger partial charge >= 0.3 is 12.4 Å². The molecular formula is C16H16F6N2O. The number of halogens is 6. The van der Waals surface area contributed by atoms with Crippen LogP contribution in [0.5, 0.6) is 0 Å². The highest BCUT2D eigenvalue weighted by Gasteiger charge is 2.34. The summed E-state index contributed by atoms with van der Waals surface area (Å²) in [6, 6.07) is 3.89. The monoisotopic (exact) mass is 366 g/mol. The van der Waals surface area contributed by atoms with Crippen LogP contribution in [-0.2, 0) is 6.18 Å². The largest absolute Gasteiger partial charge is 0.417 e. The predicted octanol–water partition coefficient (Wildman–Crippen LogP) is 4.57. The summed E-state index contributed by atoms with van der Waals surface area (Å²) < 4.78 is 77.9. The van der Waals surface area contributed by atoms with Crippen LogP contribution in [0.2, 0.25) is 0 Å². The van der Waals surface area contributed by atoms with Crippen molar-refractivity contribution in [3.8, 4) is 0 Å². The Morgan fingerprint density at radius 1 is 1.08 bits per heavy atom. The van der Waals surface area contributed by atoms with Crippen molar-refractivity contribution < 1.29 is 26.3 Å². The third-order valence-electron chi connectivity index (χ3n) is 3.45. The molecule has 25 heavy (non-hydrogen) atoms. The standard InChI is InChI=1S/C16H16F6N2O/c1-9(2)7-24(8-15(17,18)19)10-3-4-13-11(5-10)12(16(20,21)22)6-14(25)23-13/h3-6,9H,7-8H2,1-2H3,(H,23,25). The average Bonchev–Trinajstić information content (AvgIpc) is 2.42. The number of aromatic nitrogens is 1. The van der Waals surface area contributed by atoms with Gasteiger partial charge in [-0.25, -0.2) is 0 Å². The number of nitrogens with one attached hydrogen (secondary N) is 1. The maximum absolute atomic E-state index is 13.2. The SMILES string of the molecule is CC(C)CN(CC(F)(F)F)c1ccc2[nH]c(=O)cc(C(F)(F)F)c2c1. The molecule has 0 saturated heterocycles. The van der Waals surface area contributed by atoms with Crippen LogP contribution < -0.4 is 10.5 Å². The van der Waals surface area contributed by atoms with E-state index in [1.54, 1.807) is 13.8 Å². The highest BCUT2D eigenvalue weighted by atomic mass is 19.4. The number of aromatic amines is 1. The molecule has 0 unspecified atom stereocenters. The predicted molar refractivity (Wildman–Crippen MR) is 82.7 cm³/mol. The van der Waals surface area contributed by atoms with E-state index in [4.69, 9.17) is 0 Å². The molecule has 1 N–H and O–H groups in total. The fourth-order valence-corrected chi connectivity index (χ4v) is 2.59. The number of alkyl halides is 6. The van der Waals surface area contributed by atoms with Crippen molar-refractivity contribution in [1.82, 2.24) is 4.98 Å². The summed E-state index contributed by atoms with van der Waals surface area (Å²) in [6.45, 7) is 2.17. The van der Waals surface area contributed by atoms with Crippen molar-refractivity contribution in [2.45, 2.75) is 26.2 Å². The summed E-state index contributed by atoms with van der Waals surface area (Å²) in [5.41, 5.74) is -2.18. The number of hydrogen-bond acceptors (Lipinski definition) is 2. The smallest absolute Gasteiger partial charge is 0.362 e. The summed E-state index contributed by atoms with van der Waals surface area (Å²) in [5.74, 6) is -0.129. The third kappa shape index (κ3) is 4.90. The van der Waals surface area contributed by atoms with Crippen LogP contribution in [0, 0.1) is 5.92 Å². The van der Waals surface area contributed by atoms with Crippen molar-refractivity contribution in [2.75, 3.05) is 18.0 Å². The zero-order valence-electron chi connectivity index (χ0n) is 13.4. The molecule has 0 bridgehead atoms. The van der Waals surface area contributed by atoms with Crippen molar-refractivity contribution in [3.05, 3.63) is 40.2 Å². The second-order valence-corrected chi connectivity index (χ2v) is 6.16. The van der Waals surface area contributed by atoms with Crippen molar-refractivity contribution in [3.63, 3.8) is 0 Å². The molecule has 2 aromatic rings. The van der Waals surface area contributed by atoms with Crippen molar-refractivity contribution in [1.29, 1.82) is 0 Å². The van der Waals surface area contributed by atoms with Gasteiger partial charge in [0.2, 0.25) is 5.56 Å². The summed E-state index contributed by atoms with van der Waals surface area (Å²) in [7, 11) is 0. The lowest BCUT2D eigenvalue weighted by molar-refractivity contribution is -0.136. The molecule has 3 nitrogen and oxygen atoms in total. The van der Waals surface area contributed by atoms with E-state index in [1.807, 2.05) is 0 Å². The first-order valence-corrected chi connectivity index (χ1v) is 7.43. The van der Waals surface area contributed by atoms with Crippen molar-refractivity contribution >= 4 is 16.6 Å². The topological polar surface area (TPSA) is 36.1 Å². The van der Waals surface area contributed by atoms with E-state index >= 15 is 0 Å².